The fourth-order valence-corrected chi connectivity index (χ4v) is 1.98. The first-order chi connectivity index (χ1) is 9.60. The van der Waals surface area contributed by atoms with Gasteiger partial charge in [-0.05, 0) is 0 Å². The number of piperidine rings is 1. The number of amides is 1. The number of carboxylic acids is 1. The number of carbonyl (C=O) groups excluding carboxylic acids is 1. The quantitative estimate of drug-likeness (QED) is 0.789. The third kappa shape index (κ3) is 4.62. The van der Waals surface area contributed by atoms with Gasteiger partial charge in [0.05, 0.1) is 7.11 Å². The van der Waals surface area contributed by atoms with Gasteiger partial charge in [0.15, 0.2) is 5.69 Å². The Balaban J connectivity index is 0.00000220. The summed E-state index contributed by atoms with van der Waals surface area (Å²) in [4.78, 5) is 31.2. The van der Waals surface area contributed by atoms with Crippen LogP contribution in [-0.4, -0.2) is 77.2 Å². The number of aromatic nitrogens is 2. The summed E-state index contributed by atoms with van der Waals surface area (Å²) in [5.74, 6) is -0.897. The van der Waals surface area contributed by atoms with Gasteiger partial charge in [0.25, 0.3) is 0 Å². The summed E-state index contributed by atoms with van der Waals surface area (Å²) in [5.41, 5.74) is -0.109. The molecule has 2 heterocycles. The van der Waals surface area contributed by atoms with Gasteiger partial charge < -0.3 is 19.5 Å². The molecule has 2 rings (SSSR count). The van der Waals surface area contributed by atoms with Gasteiger partial charge >= 0.3 is 30.9 Å². The van der Waals surface area contributed by atoms with Gasteiger partial charge in [-0.3, -0.25) is 0 Å². The molecule has 0 saturated carbocycles. The summed E-state index contributed by atoms with van der Waals surface area (Å²) >= 11 is 0. The van der Waals surface area contributed by atoms with Crippen LogP contribution < -0.4 is 4.74 Å². The van der Waals surface area contributed by atoms with Gasteiger partial charge in [-0.1, -0.05) is 0 Å². The molecule has 0 unspecified atom stereocenters. The zero-order chi connectivity index (χ0) is 14.5. The zero-order valence-electron chi connectivity index (χ0n) is 11.0. The number of methoxy groups -OCH3 is 1. The molecule has 9 heteroatoms. The van der Waals surface area contributed by atoms with Crippen LogP contribution in [0.1, 0.15) is 23.3 Å². The van der Waals surface area contributed by atoms with Crippen molar-refractivity contribution in [1.29, 1.82) is 0 Å². The number of rotatable bonds is 3. The van der Waals surface area contributed by atoms with Crippen molar-refractivity contribution in [3.8, 4) is 5.88 Å². The number of ether oxygens (including phenoxy) is 2. The summed E-state index contributed by atoms with van der Waals surface area (Å²) in [5, 5.41) is 8.83. The maximum absolute atomic E-state index is 11.3. The molecule has 21 heavy (non-hydrogen) atoms. The minimum atomic E-state index is -1.13. The van der Waals surface area contributed by atoms with Gasteiger partial charge in [-0.15, -0.1) is 0 Å². The molecule has 0 atom stereocenters. The Morgan fingerprint density at radius 1 is 1.33 bits per heavy atom. The fraction of sp³-hybridized carbons (Fsp3) is 0.500. The van der Waals surface area contributed by atoms with Crippen LogP contribution in [0, 0.1) is 0 Å². The third-order valence-corrected chi connectivity index (χ3v) is 3.02. The van der Waals surface area contributed by atoms with Crippen molar-refractivity contribution in [2.24, 2.45) is 0 Å². The molecule has 0 aliphatic carbocycles. The van der Waals surface area contributed by atoms with E-state index in [0.29, 0.717) is 25.9 Å². The second kappa shape index (κ2) is 7.86. The van der Waals surface area contributed by atoms with Crippen LogP contribution >= 0.6 is 0 Å². The number of hydrogen-bond acceptors (Lipinski definition) is 6. The Morgan fingerprint density at radius 3 is 2.57 bits per heavy atom. The Morgan fingerprint density at radius 2 is 2.00 bits per heavy atom. The van der Waals surface area contributed by atoms with Gasteiger partial charge in [0.2, 0.25) is 5.88 Å². The topological polar surface area (TPSA) is 102 Å². The Kier molecular flexibility index (Phi) is 6.46. The molecule has 0 spiro atoms. The van der Waals surface area contributed by atoms with E-state index < -0.39 is 5.97 Å². The van der Waals surface area contributed by atoms with E-state index >= 15 is 0 Å². The van der Waals surface area contributed by atoms with Crippen LogP contribution in [0.4, 0.5) is 4.79 Å². The molecule has 1 fully saturated rings. The molecule has 1 aliphatic rings. The number of aromatic carboxylic acids is 1. The van der Waals surface area contributed by atoms with Crippen molar-refractivity contribution in [2.75, 3.05) is 20.2 Å². The number of carboxylic acid groups (broad SMARTS) is 1. The van der Waals surface area contributed by atoms with Gasteiger partial charge in [-0.2, -0.15) is 0 Å². The molecule has 0 aromatic carbocycles. The van der Waals surface area contributed by atoms with Crippen molar-refractivity contribution in [1.82, 2.24) is 14.9 Å². The predicted molar refractivity (Wildman–Crippen MR) is 73.8 cm³/mol. The second-order valence-electron chi connectivity index (χ2n) is 4.32. The summed E-state index contributed by atoms with van der Waals surface area (Å²) in [6, 6.07) is 1.29. The van der Waals surface area contributed by atoms with Crippen LogP contribution in [0.15, 0.2) is 12.4 Å². The molecule has 1 amide bonds. The Labute approximate surface area is 133 Å². The van der Waals surface area contributed by atoms with Crippen LogP contribution in [0.3, 0.4) is 0 Å². The van der Waals surface area contributed by atoms with Crippen LogP contribution in [-0.2, 0) is 4.74 Å². The number of nitrogens with zero attached hydrogens (tertiary/aromatic N) is 3. The number of hydrogen-bond donors (Lipinski definition) is 1. The standard InChI is InChI=1S/C12H15N3O5.Li.H/c1-19-12(18)15-4-2-8(3-5-15)20-10-6-9(11(16)17)13-7-14-10;;/h6-8H,2-5H2,1H3,(H,16,17);;. The van der Waals surface area contributed by atoms with E-state index in [0.717, 1.165) is 6.33 Å². The predicted octanol–water partition coefficient (Wildman–Crippen LogP) is 0.136. The first kappa shape index (κ1) is 17.3. The molecule has 1 saturated heterocycles. The monoisotopic (exact) mass is 289 g/mol. The van der Waals surface area contributed by atoms with Crippen molar-refractivity contribution < 1.29 is 24.2 Å². The Bertz CT molecular complexity index is 505. The zero-order valence-corrected chi connectivity index (χ0v) is 11.0. The molecule has 1 aromatic heterocycles. The van der Waals surface area contributed by atoms with E-state index in [1.807, 2.05) is 0 Å². The van der Waals surface area contributed by atoms with Crippen LogP contribution in [0.25, 0.3) is 0 Å². The molecule has 1 N–H and O–H groups in total. The van der Waals surface area contributed by atoms with Gasteiger partial charge in [0.1, 0.15) is 12.4 Å². The van der Waals surface area contributed by atoms with Crippen molar-refractivity contribution in [3.05, 3.63) is 18.1 Å². The Hall–Kier alpha value is -1.78. The van der Waals surface area contributed by atoms with Gasteiger partial charge in [-0.25, -0.2) is 19.6 Å². The molecule has 0 bridgehead atoms. The van der Waals surface area contributed by atoms with Crippen LogP contribution in [0.2, 0.25) is 0 Å². The average Bonchev–Trinajstić information content (AvgIpc) is 2.47. The molecule has 110 valence electrons. The first-order valence-electron chi connectivity index (χ1n) is 6.15. The van der Waals surface area contributed by atoms with Crippen molar-refractivity contribution >= 4 is 30.9 Å². The summed E-state index contributed by atoms with van der Waals surface area (Å²) in [6.45, 7) is 1.07. The van der Waals surface area contributed by atoms with E-state index in [4.69, 9.17) is 9.84 Å². The van der Waals surface area contributed by atoms with E-state index in [9.17, 15) is 9.59 Å². The summed E-state index contributed by atoms with van der Waals surface area (Å²) < 4.78 is 10.3. The summed E-state index contributed by atoms with van der Waals surface area (Å²) in [7, 11) is 1.35. The normalized spacial score (nSPS) is 15.0. The van der Waals surface area contributed by atoms with Crippen molar-refractivity contribution in [2.45, 2.75) is 18.9 Å². The van der Waals surface area contributed by atoms with Crippen LogP contribution in [0.5, 0.6) is 5.88 Å². The minimum absolute atomic E-state index is 0. The molecule has 1 aliphatic heterocycles. The maximum atomic E-state index is 11.3. The number of likely N-dealkylation sites (tertiary alicyclic amines) is 1. The SMILES string of the molecule is COC(=O)N1CCC(Oc2cc(C(=O)O)ncn2)CC1.[LiH]. The van der Waals surface area contributed by atoms with Gasteiger partial charge in [0, 0.05) is 32.0 Å². The van der Waals surface area contributed by atoms with E-state index in [2.05, 4.69) is 14.7 Å². The molecule has 8 nitrogen and oxygen atoms in total. The molecule has 1 aromatic rings. The third-order valence-electron chi connectivity index (χ3n) is 3.02. The van der Waals surface area contributed by atoms with E-state index in [1.165, 1.54) is 13.2 Å². The summed E-state index contributed by atoms with van der Waals surface area (Å²) in [6.07, 6.45) is 1.98. The van der Waals surface area contributed by atoms with E-state index in [-0.39, 0.29) is 42.6 Å². The molecular formula is C12H16LiN3O5. The molecule has 0 radical (unpaired) electrons. The van der Waals surface area contributed by atoms with E-state index in [1.54, 1.807) is 4.90 Å². The second-order valence-corrected chi connectivity index (χ2v) is 4.32. The average molecular weight is 289 g/mol. The first-order valence-corrected chi connectivity index (χ1v) is 6.15. The van der Waals surface area contributed by atoms with Crippen molar-refractivity contribution in [3.63, 3.8) is 0 Å². The fourth-order valence-electron chi connectivity index (χ4n) is 1.98. The molecular weight excluding hydrogens is 273 g/mol. The number of carbonyl (C=O) groups is 2.